The third-order valence-corrected chi connectivity index (χ3v) is 6.54. The fourth-order valence-corrected chi connectivity index (χ4v) is 4.67. The smallest absolute Gasteiger partial charge is 0.274 e. The second kappa shape index (κ2) is 10.1. The molecule has 0 fully saturated rings. The summed E-state index contributed by atoms with van der Waals surface area (Å²) in [5, 5.41) is 0.00190. The fraction of sp³-hybridized carbons (Fsp3) is 0.259. The van der Waals surface area contributed by atoms with Crippen LogP contribution < -0.4 is 10.2 Å². The topological polar surface area (TPSA) is 60.8 Å². The number of ether oxygens (including phenoxy) is 2. The average Bonchev–Trinajstić information content (AvgIpc) is 2.84. The number of pyridine rings is 1. The van der Waals surface area contributed by atoms with Crippen molar-refractivity contribution in [2.75, 3.05) is 13.2 Å². The Morgan fingerprint density at radius 1 is 1.03 bits per heavy atom. The van der Waals surface area contributed by atoms with Crippen molar-refractivity contribution >= 4 is 17.5 Å². The summed E-state index contributed by atoms with van der Waals surface area (Å²) in [5.74, 6) is -0.785. The SMILES string of the molecule is O=C1c2c(OCc3ccccc3)c(=O)c3c(n2CCN1Cc1ccc(F)c(Cl)c1)COCC=CC3. The Morgan fingerprint density at radius 3 is 2.66 bits per heavy atom. The molecule has 3 heterocycles. The quantitative estimate of drug-likeness (QED) is 0.490. The molecule has 2 aromatic carbocycles. The van der Waals surface area contributed by atoms with Crippen LogP contribution in [0.5, 0.6) is 5.75 Å². The van der Waals surface area contributed by atoms with Gasteiger partial charge >= 0.3 is 0 Å². The Hall–Kier alpha value is -3.42. The van der Waals surface area contributed by atoms with Crippen LogP contribution in [0.4, 0.5) is 4.39 Å². The number of hydrogen-bond acceptors (Lipinski definition) is 4. The van der Waals surface area contributed by atoms with Crippen LogP contribution in [-0.2, 0) is 37.5 Å². The molecule has 0 bridgehead atoms. The predicted molar refractivity (Wildman–Crippen MR) is 130 cm³/mol. The summed E-state index contributed by atoms with van der Waals surface area (Å²) in [5.41, 5.74) is 2.81. The molecule has 0 N–H and O–H groups in total. The number of benzene rings is 2. The molecule has 1 amide bonds. The van der Waals surface area contributed by atoms with E-state index in [1.807, 2.05) is 47.1 Å². The standard InChI is InChI=1S/C27H24ClFN2O4/c28-21-14-19(9-10-22(21)29)15-30-11-12-31-23-17-34-13-5-4-8-20(23)25(32)26(24(31)27(30)33)35-16-18-6-2-1-3-7-18/h1-7,9-10,14H,8,11-13,15-17H2. The average molecular weight is 495 g/mol. The number of halogens is 2. The molecular formula is C27H24ClFN2O4. The maximum Gasteiger partial charge on any atom is 0.274 e. The van der Waals surface area contributed by atoms with Crippen molar-refractivity contribution in [3.8, 4) is 5.75 Å². The molecule has 0 saturated heterocycles. The minimum absolute atomic E-state index is 0.00190. The molecule has 1 aromatic heterocycles. The van der Waals surface area contributed by atoms with Gasteiger partial charge < -0.3 is 18.9 Å². The molecule has 0 unspecified atom stereocenters. The van der Waals surface area contributed by atoms with Gasteiger partial charge in [-0.25, -0.2) is 4.39 Å². The van der Waals surface area contributed by atoms with Crippen LogP contribution in [0, 0.1) is 5.82 Å². The first-order valence-corrected chi connectivity index (χ1v) is 11.8. The summed E-state index contributed by atoms with van der Waals surface area (Å²) in [7, 11) is 0. The third-order valence-electron chi connectivity index (χ3n) is 6.25. The Bertz CT molecular complexity index is 1350. The zero-order valence-corrected chi connectivity index (χ0v) is 19.8. The molecule has 2 aliphatic heterocycles. The van der Waals surface area contributed by atoms with Crippen molar-refractivity contribution < 1.29 is 18.7 Å². The number of carbonyl (C=O) groups excluding carboxylic acids is 1. The highest BCUT2D eigenvalue weighted by molar-refractivity contribution is 6.30. The molecule has 6 nitrogen and oxygen atoms in total. The number of aromatic nitrogens is 1. The van der Waals surface area contributed by atoms with Crippen molar-refractivity contribution in [2.24, 2.45) is 0 Å². The van der Waals surface area contributed by atoms with E-state index < -0.39 is 5.82 Å². The van der Waals surface area contributed by atoms with E-state index >= 15 is 0 Å². The Labute approximate surface area is 207 Å². The lowest BCUT2D eigenvalue weighted by Gasteiger charge is -2.33. The lowest BCUT2D eigenvalue weighted by molar-refractivity contribution is 0.0669. The molecule has 2 aliphatic rings. The van der Waals surface area contributed by atoms with E-state index in [-0.39, 0.29) is 47.6 Å². The van der Waals surface area contributed by atoms with Gasteiger partial charge in [-0.05, 0) is 29.7 Å². The molecule has 0 aliphatic carbocycles. The van der Waals surface area contributed by atoms with Crippen molar-refractivity contribution in [1.29, 1.82) is 0 Å². The van der Waals surface area contributed by atoms with E-state index in [9.17, 15) is 14.0 Å². The molecule has 180 valence electrons. The van der Waals surface area contributed by atoms with Crippen molar-refractivity contribution in [2.45, 2.75) is 32.7 Å². The van der Waals surface area contributed by atoms with Crippen LogP contribution >= 0.6 is 11.6 Å². The number of allylic oxidation sites excluding steroid dienone is 1. The van der Waals surface area contributed by atoms with Gasteiger partial charge in [0.15, 0.2) is 11.4 Å². The number of rotatable bonds is 5. The van der Waals surface area contributed by atoms with Gasteiger partial charge in [0.1, 0.15) is 12.4 Å². The fourth-order valence-electron chi connectivity index (χ4n) is 4.47. The maximum atomic E-state index is 13.7. The Morgan fingerprint density at radius 2 is 1.86 bits per heavy atom. The van der Waals surface area contributed by atoms with Crippen molar-refractivity contribution in [3.05, 3.63) is 110 Å². The molecule has 5 rings (SSSR count). The first-order chi connectivity index (χ1) is 17.0. The predicted octanol–water partition coefficient (Wildman–Crippen LogP) is 4.50. The number of nitrogens with zero attached hydrogens (tertiary/aromatic N) is 2. The Balaban J connectivity index is 1.55. The zero-order chi connectivity index (χ0) is 24.4. The largest absolute Gasteiger partial charge is 0.483 e. The molecule has 35 heavy (non-hydrogen) atoms. The normalized spacial score (nSPS) is 15.3. The molecule has 0 saturated carbocycles. The molecule has 0 spiro atoms. The third kappa shape index (κ3) is 4.74. The summed E-state index contributed by atoms with van der Waals surface area (Å²) < 4.78 is 27.2. The molecular weight excluding hydrogens is 471 g/mol. The second-order valence-corrected chi connectivity index (χ2v) is 8.93. The maximum absolute atomic E-state index is 13.7. The second-order valence-electron chi connectivity index (χ2n) is 8.52. The summed E-state index contributed by atoms with van der Waals surface area (Å²) in [4.78, 5) is 29.0. The molecule has 3 aromatic rings. The van der Waals surface area contributed by atoms with E-state index in [1.165, 1.54) is 12.1 Å². The van der Waals surface area contributed by atoms with E-state index in [0.717, 1.165) is 5.56 Å². The van der Waals surface area contributed by atoms with Crippen LogP contribution in [-0.4, -0.2) is 28.5 Å². The monoisotopic (exact) mass is 494 g/mol. The highest BCUT2D eigenvalue weighted by atomic mass is 35.5. The highest BCUT2D eigenvalue weighted by Gasteiger charge is 2.33. The van der Waals surface area contributed by atoms with Gasteiger partial charge in [0.2, 0.25) is 5.43 Å². The zero-order valence-electron chi connectivity index (χ0n) is 19.0. The minimum Gasteiger partial charge on any atom is -0.483 e. The summed E-state index contributed by atoms with van der Waals surface area (Å²) in [6.45, 7) is 1.98. The van der Waals surface area contributed by atoms with Crippen molar-refractivity contribution in [3.63, 3.8) is 0 Å². The van der Waals surface area contributed by atoms with E-state index in [2.05, 4.69) is 0 Å². The summed E-state index contributed by atoms with van der Waals surface area (Å²) >= 11 is 5.94. The first-order valence-electron chi connectivity index (χ1n) is 11.4. The van der Waals surface area contributed by atoms with Gasteiger partial charge in [0.25, 0.3) is 5.91 Å². The van der Waals surface area contributed by atoms with Crippen molar-refractivity contribution in [1.82, 2.24) is 9.47 Å². The van der Waals surface area contributed by atoms with Gasteiger partial charge in [-0.1, -0.05) is 60.2 Å². The highest BCUT2D eigenvalue weighted by Crippen LogP contribution is 2.28. The van der Waals surface area contributed by atoms with Crippen LogP contribution in [0.2, 0.25) is 5.02 Å². The molecule has 8 heteroatoms. The van der Waals surface area contributed by atoms with Gasteiger partial charge in [-0.15, -0.1) is 0 Å². The minimum atomic E-state index is -0.512. The summed E-state index contributed by atoms with van der Waals surface area (Å²) in [6, 6.07) is 13.9. The van der Waals surface area contributed by atoms with Gasteiger partial charge in [-0.2, -0.15) is 0 Å². The van der Waals surface area contributed by atoms with E-state index in [4.69, 9.17) is 21.1 Å². The van der Waals surface area contributed by atoms with Crippen LogP contribution in [0.25, 0.3) is 0 Å². The number of hydrogen-bond donors (Lipinski definition) is 0. The van der Waals surface area contributed by atoms with Crippen LogP contribution in [0.15, 0.2) is 65.5 Å². The molecule has 0 atom stereocenters. The lowest BCUT2D eigenvalue weighted by atomic mass is 10.0. The number of amides is 1. The van der Waals surface area contributed by atoms with Crippen LogP contribution in [0.3, 0.4) is 0 Å². The molecule has 0 radical (unpaired) electrons. The number of fused-ring (bicyclic) bond motifs is 3. The first kappa shape index (κ1) is 23.3. The lowest BCUT2D eigenvalue weighted by Crippen LogP contribution is -2.43. The number of carbonyl (C=O) groups is 1. The van der Waals surface area contributed by atoms with E-state index in [0.29, 0.717) is 42.9 Å². The van der Waals surface area contributed by atoms with Gasteiger partial charge in [0, 0.05) is 25.2 Å². The Kier molecular flexibility index (Phi) is 6.70. The summed E-state index contributed by atoms with van der Waals surface area (Å²) in [6.07, 6.45) is 4.24. The van der Waals surface area contributed by atoms with Gasteiger partial charge in [-0.3, -0.25) is 9.59 Å². The van der Waals surface area contributed by atoms with E-state index in [1.54, 1.807) is 11.0 Å². The van der Waals surface area contributed by atoms with Gasteiger partial charge in [0.05, 0.1) is 23.9 Å². The van der Waals surface area contributed by atoms with Crippen LogP contribution in [0.1, 0.15) is 32.9 Å².